The van der Waals surface area contributed by atoms with Gasteiger partial charge in [-0.2, -0.15) is 11.8 Å². The third-order valence-corrected chi connectivity index (χ3v) is 4.14. The van der Waals surface area contributed by atoms with Crippen molar-refractivity contribution in [2.45, 2.75) is 50.3 Å². The molecule has 3 N–H and O–H groups in total. The molecule has 0 atom stereocenters. The molecule has 1 fully saturated rings. The van der Waals surface area contributed by atoms with Crippen LogP contribution in [0.15, 0.2) is 4.99 Å². The monoisotopic (exact) mass is 357 g/mol. The molecule has 1 aliphatic carbocycles. The van der Waals surface area contributed by atoms with Crippen LogP contribution in [-0.4, -0.2) is 29.0 Å². The first-order valence-electron chi connectivity index (χ1n) is 5.50. The summed E-state index contributed by atoms with van der Waals surface area (Å²) in [4.78, 5) is 4.44. The molecule has 0 unspecified atom stereocenters. The summed E-state index contributed by atoms with van der Waals surface area (Å²) in [5, 5.41) is 3.18. The fourth-order valence-electron chi connectivity index (χ4n) is 1.65. The maximum absolute atomic E-state index is 5.83. The zero-order valence-corrected chi connectivity index (χ0v) is 13.8. The molecule has 1 rings (SSSR count). The van der Waals surface area contributed by atoms with E-state index in [2.05, 4.69) is 37.3 Å². The van der Waals surface area contributed by atoms with Gasteiger partial charge in [0, 0.05) is 10.3 Å². The van der Waals surface area contributed by atoms with Crippen LogP contribution in [0.4, 0.5) is 0 Å². The topological polar surface area (TPSA) is 50.4 Å². The Balaban J connectivity index is 0.00000225. The molecular formula is C11H24IN3S. The molecule has 1 saturated carbocycles. The van der Waals surface area contributed by atoms with Crippen molar-refractivity contribution in [3.63, 3.8) is 0 Å². The van der Waals surface area contributed by atoms with Gasteiger partial charge in [-0.25, -0.2) is 0 Å². The van der Waals surface area contributed by atoms with Crippen molar-refractivity contribution in [2.24, 2.45) is 10.7 Å². The summed E-state index contributed by atoms with van der Waals surface area (Å²) in [5.41, 5.74) is 5.83. The largest absolute Gasteiger partial charge is 0.370 e. The van der Waals surface area contributed by atoms with Crippen LogP contribution in [0.1, 0.15) is 40.0 Å². The molecule has 96 valence electrons. The Morgan fingerprint density at radius 1 is 1.44 bits per heavy atom. The third-order valence-electron chi connectivity index (χ3n) is 2.74. The zero-order chi connectivity index (χ0) is 11.5. The Bertz CT molecular complexity index is 239. The van der Waals surface area contributed by atoms with Crippen LogP contribution in [0, 0.1) is 0 Å². The normalized spacial score (nSPS) is 19.6. The number of aliphatic imine (C=N–C) groups is 1. The van der Waals surface area contributed by atoms with E-state index >= 15 is 0 Å². The molecule has 0 aromatic carbocycles. The van der Waals surface area contributed by atoms with Gasteiger partial charge in [-0.1, -0.05) is 6.42 Å². The molecule has 0 aromatic heterocycles. The second-order valence-corrected chi connectivity index (χ2v) is 6.59. The minimum absolute atomic E-state index is 0. The molecule has 0 heterocycles. The molecule has 0 radical (unpaired) electrons. The molecule has 1 aliphatic rings. The number of nitrogens with two attached hydrogens (primary N) is 1. The number of thioether (sulfide) groups is 1. The molecular weight excluding hydrogens is 333 g/mol. The van der Waals surface area contributed by atoms with E-state index in [0.717, 1.165) is 6.54 Å². The highest BCUT2D eigenvalue weighted by molar-refractivity contribution is 14.0. The zero-order valence-electron chi connectivity index (χ0n) is 10.7. The van der Waals surface area contributed by atoms with Gasteiger partial charge in [0.1, 0.15) is 0 Å². The van der Waals surface area contributed by atoms with Crippen LogP contribution < -0.4 is 11.1 Å². The first-order valence-corrected chi connectivity index (χ1v) is 6.73. The fourth-order valence-corrected chi connectivity index (χ4v) is 2.54. The molecule has 0 saturated heterocycles. The molecule has 0 bridgehead atoms. The second kappa shape index (κ2) is 6.33. The number of nitrogens with one attached hydrogen (secondary N) is 1. The summed E-state index contributed by atoms with van der Waals surface area (Å²) in [6.07, 6.45) is 6.06. The Morgan fingerprint density at radius 3 is 2.31 bits per heavy atom. The van der Waals surface area contributed by atoms with Crippen LogP contribution >= 0.6 is 35.7 Å². The van der Waals surface area contributed by atoms with E-state index in [0.29, 0.717) is 10.7 Å². The summed E-state index contributed by atoms with van der Waals surface area (Å²) in [6, 6.07) is 0. The number of halogens is 1. The van der Waals surface area contributed by atoms with Gasteiger partial charge in [0.15, 0.2) is 5.96 Å². The molecule has 3 nitrogen and oxygen atoms in total. The minimum atomic E-state index is -0.000280. The number of guanidine groups is 1. The highest BCUT2D eigenvalue weighted by Gasteiger charge is 2.35. The summed E-state index contributed by atoms with van der Waals surface area (Å²) < 4.78 is 0.379. The van der Waals surface area contributed by atoms with Gasteiger partial charge in [-0.15, -0.1) is 24.0 Å². The van der Waals surface area contributed by atoms with E-state index in [1.807, 2.05) is 11.8 Å². The maximum Gasteiger partial charge on any atom is 0.189 e. The average Bonchev–Trinajstić information content (AvgIpc) is 1.99. The van der Waals surface area contributed by atoms with Crippen molar-refractivity contribution >= 4 is 41.7 Å². The molecule has 0 amide bonds. The lowest BCUT2D eigenvalue weighted by Crippen LogP contribution is -2.46. The predicted molar refractivity (Wildman–Crippen MR) is 84.9 cm³/mol. The van der Waals surface area contributed by atoms with Crippen LogP contribution in [0.25, 0.3) is 0 Å². The van der Waals surface area contributed by atoms with Gasteiger partial charge in [0.2, 0.25) is 0 Å². The van der Waals surface area contributed by atoms with E-state index in [9.17, 15) is 0 Å². The number of rotatable bonds is 3. The molecule has 5 heteroatoms. The molecule has 0 aliphatic heterocycles. The minimum Gasteiger partial charge on any atom is -0.370 e. The van der Waals surface area contributed by atoms with Gasteiger partial charge in [-0.3, -0.25) is 4.99 Å². The van der Waals surface area contributed by atoms with E-state index in [-0.39, 0.29) is 29.5 Å². The molecule has 0 aromatic rings. The van der Waals surface area contributed by atoms with Crippen LogP contribution in [-0.2, 0) is 0 Å². The second-order valence-electron chi connectivity index (χ2n) is 5.32. The van der Waals surface area contributed by atoms with Gasteiger partial charge in [0.25, 0.3) is 0 Å². The maximum atomic E-state index is 5.83. The highest BCUT2D eigenvalue weighted by Crippen LogP contribution is 2.42. The predicted octanol–water partition coefficient (Wildman–Crippen LogP) is 2.59. The smallest absolute Gasteiger partial charge is 0.189 e. The van der Waals surface area contributed by atoms with Gasteiger partial charge in [-0.05, 0) is 39.9 Å². The van der Waals surface area contributed by atoms with Gasteiger partial charge in [0.05, 0.1) is 6.54 Å². The van der Waals surface area contributed by atoms with E-state index in [4.69, 9.17) is 5.73 Å². The van der Waals surface area contributed by atoms with Crippen molar-refractivity contribution in [2.75, 3.05) is 12.8 Å². The number of nitrogens with zero attached hydrogens (tertiary/aromatic N) is 1. The Kier molecular flexibility index (Phi) is 6.47. The summed E-state index contributed by atoms with van der Waals surface area (Å²) in [7, 11) is 0. The van der Waals surface area contributed by atoms with Crippen molar-refractivity contribution in [1.29, 1.82) is 0 Å². The van der Waals surface area contributed by atoms with E-state index in [1.165, 1.54) is 19.3 Å². The summed E-state index contributed by atoms with van der Waals surface area (Å²) >= 11 is 1.93. The fraction of sp³-hybridized carbons (Fsp3) is 0.909. The van der Waals surface area contributed by atoms with Gasteiger partial charge < -0.3 is 11.1 Å². The Hall–Kier alpha value is 0.350. The molecule has 16 heavy (non-hydrogen) atoms. The van der Waals surface area contributed by atoms with Crippen molar-refractivity contribution in [1.82, 2.24) is 5.32 Å². The van der Waals surface area contributed by atoms with E-state index in [1.54, 1.807) is 0 Å². The van der Waals surface area contributed by atoms with Crippen molar-refractivity contribution in [3.8, 4) is 0 Å². The van der Waals surface area contributed by atoms with Crippen LogP contribution in [0.5, 0.6) is 0 Å². The Morgan fingerprint density at radius 2 is 2.00 bits per heavy atom. The first kappa shape index (κ1) is 16.4. The summed E-state index contributed by atoms with van der Waals surface area (Å²) in [6.45, 7) is 7.11. The van der Waals surface area contributed by atoms with Crippen molar-refractivity contribution in [3.05, 3.63) is 0 Å². The SMILES string of the molecule is CSC1(CN=C(N)NC(C)(C)C)CCC1.I. The molecule has 0 spiro atoms. The van der Waals surface area contributed by atoms with Crippen LogP contribution in [0.2, 0.25) is 0 Å². The van der Waals surface area contributed by atoms with E-state index < -0.39 is 0 Å². The quantitative estimate of drug-likeness (QED) is 0.464. The standard InChI is InChI=1S/C11H23N3S.HI/c1-10(2,3)14-9(12)13-8-11(15-4)6-5-7-11;/h5-8H2,1-4H3,(H3,12,13,14);1H. The lowest BCUT2D eigenvalue weighted by Gasteiger charge is -2.39. The number of hydrogen-bond donors (Lipinski definition) is 2. The van der Waals surface area contributed by atoms with Crippen molar-refractivity contribution < 1.29 is 0 Å². The average molecular weight is 357 g/mol. The van der Waals surface area contributed by atoms with Gasteiger partial charge >= 0.3 is 0 Å². The first-order chi connectivity index (χ1) is 6.87. The lowest BCUT2D eigenvalue weighted by atomic mass is 9.84. The highest BCUT2D eigenvalue weighted by atomic mass is 127. The lowest BCUT2D eigenvalue weighted by molar-refractivity contribution is 0.371. The van der Waals surface area contributed by atoms with Crippen LogP contribution in [0.3, 0.4) is 0 Å². The summed E-state index contributed by atoms with van der Waals surface area (Å²) in [5.74, 6) is 0.572. The Labute approximate surface area is 120 Å². The third kappa shape index (κ3) is 5.12. The number of hydrogen-bond acceptors (Lipinski definition) is 2.